The Morgan fingerprint density at radius 2 is 2.27 bits per heavy atom. The van der Waals surface area contributed by atoms with Gasteiger partial charge in [-0.05, 0) is 66.0 Å². The Balaban J connectivity index is 2.21. The van der Waals surface area contributed by atoms with Crippen molar-refractivity contribution in [2.45, 2.75) is 32.6 Å². The average molecular weight is 310 g/mol. The van der Waals surface area contributed by atoms with Crippen LogP contribution in [0.4, 0.5) is 0 Å². The Morgan fingerprint density at radius 3 is 3.05 bits per heavy atom. The first kappa shape index (κ1) is 16.6. The summed E-state index contributed by atoms with van der Waals surface area (Å²) in [6, 6.07) is 8.80. The molecule has 0 spiro atoms. The zero-order valence-corrected chi connectivity index (χ0v) is 14.1. The number of hydrogen-bond donors (Lipinski definition) is 0. The first-order valence-corrected chi connectivity index (χ1v) is 8.73. The van der Waals surface area contributed by atoms with E-state index in [0.717, 1.165) is 32.0 Å². The van der Waals surface area contributed by atoms with Crippen molar-refractivity contribution in [3.8, 4) is 0 Å². The van der Waals surface area contributed by atoms with Crippen LogP contribution in [0.25, 0.3) is 0 Å². The maximum absolute atomic E-state index is 10.8. The smallest absolute Gasteiger partial charge is 0.143 e. The summed E-state index contributed by atoms with van der Waals surface area (Å²) < 4.78 is 0. The molecule has 0 amide bonds. The molecule has 0 saturated carbocycles. The predicted octanol–water partition coefficient (Wildman–Crippen LogP) is 4.86. The molecular formula is C20H23OP. The van der Waals surface area contributed by atoms with Crippen molar-refractivity contribution in [1.29, 1.82) is 0 Å². The first-order chi connectivity index (χ1) is 10.7. The van der Waals surface area contributed by atoms with Crippen molar-refractivity contribution in [2.24, 2.45) is 0 Å². The van der Waals surface area contributed by atoms with E-state index in [2.05, 4.69) is 49.9 Å². The van der Waals surface area contributed by atoms with Gasteiger partial charge in [-0.25, -0.2) is 0 Å². The van der Waals surface area contributed by atoms with Crippen molar-refractivity contribution >= 4 is 20.2 Å². The van der Waals surface area contributed by atoms with E-state index in [-0.39, 0.29) is 0 Å². The molecule has 0 radical (unpaired) electrons. The van der Waals surface area contributed by atoms with Gasteiger partial charge < -0.3 is 0 Å². The van der Waals surface area contributed by atoms with Crippen LogP contribution in [0, 0.1) is 0 Å². The summed E-state index contributed by atoms with van der Waals surface area (Å²) in [5.74, 6) is 0. The Bertz CT molecular complexity index is 635. The zero-order chi connectivity index (χ0) is 15.8. The van der Waals surface area contributed by atoms with Gasteiger partial charge in [-0.2, -0.15) is 0 Å². The van der Waals surface area contributed by atoms with Gasteiger partial charge in [0.05, 0.1) is 0 Å². The minimum atomic E-state index is 0.647. The van der Waals surface area contributed by atoms with Crippen LogP contribution in [0.15, 0.2) is 71.6 Å². The number of aryl methyl sites for hydroxylation is 1. The van der Waals surface area contributed by atoms with Crippen LogP contribution in [0.2, 0.25) is 0 Å². The standard InChI is InChI=1S/C20H23OP/c1-3-4-8-17-9-7-11-19(15-17)22-16(2)20-12-6-5-10-18(20)13-14-21/h3,6-7,9,11-15,22H,1,4-5,8,10H2,2H3/b18-13-,20-16+. The second-order valence-electron chi connectivity index (χ2n) is 5.46. The summed E-state index contributed by atoms with van der Waals surface area (Å²) in [5, 5.41) is 2.71. The highest BCUT2D eigenvalue weighted by Gasteiger charge is 2.10. The van der Waals surface area contributed by atoms with Crippen molar-refractivity contribution in [3.05, 3.63) is 77.2 Å². The van der Waals surface area contributed by atoms with Crippen LogP contribution < -0.4 is 5.30 Å². The van der Waals surface area contributed by atoms with E-state index in [4.69, 9.17) is 0 Å². The Labute approximate surface area is 135 Å². The van der Waals surface area contributed by atoms with Gasteiger partial charge in [0.15, 0.2) is 0 Å². The SMILES string of the molecule is C=CCCc1cccc(P/C(C)=C2\C=CCC\C2=C\C=O)c1. The zero-order valence-electron chi connectivity index (χ0n) is 13.1. The molecule has 0 bridgehead atoms. The molecular weight excluding hydrogens is 287 g/mol. The molecule has 1 aliphatic rings. The van der Waals surface area contributed by atoms with Crippen molar-refractivity contribution in [2.75, 3.05) is 0 Å². The Morgan fingerprint density at radius 1 is 1.41 bits per heavy atom. The largest absolute Gasteiger partial charge is 0.299 e. The summed E-state index contributed by atoms with van der Waals surface area (Å²) in [6.45, 7) is 5.96. The molecule has 1 aliphatic carbocycles. The van der Waals surface area contributed by atoms with Crippen molar-refractivity contribution < 1.29 is 4.79 Å². The van der Waals surface area contributed by atoms with Gasteiger partial charge in [-0.3, -0.25) is 4.79 Å². The Hall–Kier alpha value is -1.72. The monoisotopic (exact) mass is 310 g/mol. The highest BCUT2D eigenvalue weighted by atomic mass is 31.1. The van der Waals surface area contributed by atoms with Gasteiger partial charge in [0.25, 0.3) is 0 Å². The number of allylic oxidation sites excluding steroid dienone is 7. The molecule has 22 heavy (non-hydrogen) atoms. The molecule has 0 heterocycles. The van der Waals surface area contributed by atoms with E-state index < -0.39 is 0 Å². The third-order valence-corrected chi connectivity index (χ3v) is 5.02. The molecule has 2 heteroatoms. The number of carbonyl (C=O) groups is 1. The van der Waals surface area contributed by atoms with Crippen molar-refractivity contribution in [1.82, 2.24) is 0 Å². The number of aldehydes is 1. The van der Waals surface area contributed by atoms with Crippen LogP contribution in [0.1, 0.15) is 31.7 Å². The molecule has 1 unspecified atom stereocenters. The van der Waals surface area contributed by atoms with Gasteiger partial charge in [-0.15, -0.1) is 6.58 Å². The maximum atomic E-state index is 10.8. The van der Waals surface area contributed by atoms with E-state index in [0.29, 0.717) is 8.58 Å². The molecule has 0 aromatic heterocycles. The molecule has 0 fully saturated rings. The molecule has 1 atom stereocenters. The Kier molecular flexibility index (Phi) is 6.55. The highest BCUT2D eigenvalue weighted by molar-refractivity contribution is 7.51. The lowest BCUT2D eigenvalue weighted by Crippen LogP contribution is -2.00. The normalized spacial score (nSPS) is 18.9. The van der Waals surface area contributed by atoms with Crippen LogP contribution in [0.5, 0.6) is 0 Å². The van der Waals surface area contributed by atoms with Gasteiger partial charge >= 0.3 is 0 Å². The summed E-state index contributed by atoms with van der Waals surface area (Å²) in [6.07, 6.45) is 13.0. The van der Waals surface area contributed by atoms with Crippen LogP contribution >= 0.6 is 8.58 Å². The lowest BCUT2D eigenvalue weighted by Gasteiger charge is -2.16. The lowest BCUT2D eigenvalue weighted by atomic mass is 9.95. The maximum Gasteiger partial charge on any atom is 0.143 e. The number of rotatable bonds is 6. The third-order valence-electron chi connectivity index (χ3n) is 3.78. The molecule has 2 rings (SSSR count). The predicted molar refractivity (Wildman–Crippen MR) is 98.1 cm³/mol. The van der Waals surface area contributed by atoms with Gasteiger partial charge in [0.1, 0.15) is 6.29 Å². The molecule has 0 N–H and O–H groups in total. The van der Waals surface area contributed by atoms with E-state index in [1.54, 1.807) is 6.08 Å². The van der Waals surface area contributed by atoms with Crippen LogP contribution in [-0.2, 0) is 11.2 Å². The first-order valence-electron chi connectivity index (χ1n) is 7.73. The lowest BCUT2D eigenvalue weighted by molar-refractivity contribution is -0.104. The van der Waals surface area contributed by atoms with Crippen molar-refractivity contribution in [3.63, 3.8) is 0 Å². The summed E-state index contributed by atoms with van der Waals surface area (Å²) in [4.78, 5) is 10.8. The van der Waals surface area contributed by atoms with Crippen LogP contribution in [-0.4, -0.2) is 6.29 Å². The van der Waals surface area contributed by atoms with Crippen LogP contribution in [0.3, 0.4) is 0 Å². The number of hydrogen-bond acceptors (Lipinski definition) is 1. The quantitative estimate of drug-likeness (QED) is 0.317. The van der Waals surface area contributed by atoms with E-state index in [1.165, 1.54) is 27.3 Å². The molecule has 1 aromatic rings. The summed E-state index contributed by atoms with van der Waals surface area (Å²) in [7, 11) is 0.647. The second-order valence-corrected chi connectivity index (χ2v) is 7.04. The number of carbonyl (C=O) groups excluding carboxylic acids is 1. The third kappa shape index (κ3) is 4.64. The van der Waals surface area contributed by atoms with Gasteiger partial charge in [0, 0.05) is 0 Å². The molecule has 1 aromatic carbocycles. The topological polar surface area (TPSA) is 17.1 Å². The fraction of sp³-hybridized carbons (Fsp3) is 0.250. The fourth-order valence-electron chi connectivity index (χ4n) is 2.66. The van der Waals surface area contributed by atoms with Gasteiger partial charge in [-0.1, -0.05) is 51.1 Å². The minimum Gasteiger partial charge on any atom is -0.299 e. The number of benzene rings is 1. The second kappa shape index (κ2) is 8.66. The summed E-state index contributed by atoms with van der Waals surface area (Å²) in [5.41, 5.74) is 3.78. The minimum absolute atomic E-state index is 0.647. The van der Waals surface area contributed by atoms with E-state index in [9.17, 15) is 4.79 Å². The average Bonchev–Trinajstić information content (AvgIpc) is 2.54. The molecule has 0 saturated heterocycles. The highest BCUT2D eigenvalue weighted by Crippen LogP contribution is 2.34. The molecule has 1 nitrogen and oxygen atoms in total. The van der Waals surface area contributed by atoms with Gasteiger partial charge in [0.2, 0.25) is 0 Å². The fourth-order valence-corrected chi connectivity index (χ4v) is 3.91. The molecule has 0 aliphatic heterocycles. The molecule has 114 valence electrons. The van der Waals surface area contributed by atoms with E-state index in [1.807, 2.05) is 6.08 Å². The summed E-state index contributed by atoms with van der Waals surface area (Å²) >= 11 is 0. The van der Waals surface area contributed by atoms with E-state index >= 15 is 0 Å².